The van der Waals surface area contributed by atoms with Crippen molar-refractivity contribution in [1.29, 1.82) is 0 Å². The third-order valence-electron chi connectivity index (χ3n) is 9.54. The molecule has 2 aliphatic rings. The molecule has 2 aromatic carbocycles. The summed E-state index contributed by atoms with van der Waals surface area (Å²) in [6.07, 6.45) is 14.3. The van der Waals surface area contributed by atoms with Crippen molar-refractivity contribution in [2.45, 2.75) is 91.2 Å². The van der Waals surface area contributed by atoms with Crippen LogP contribution in [0.1, 0.15) is 79.1 Å². The number of nitrogens with zero attached hydrogens (tertiary/aromatic N) is 3. The third kappa shape index (κ3) is 5.96. The van der Waals surface area contributed by atoms with Crippen molar-refractivity contribution in [2.75, 3.05) is 0 Å². The van der Waals surface area contributed by atoms with E-state index in [0.717, 1.165) is 42.5 Å². The molecule has 0 spiro atoms. The number of aliphatic hydroxyl groups is 1. The maximum Gasteiger partial charge on any atom is 0.113 e. The Kier molecular flexibility index (Phi) is 7.90. The highest BCUT2D eigenvalue weighted by atomic mass is 16.3. The second-order valence-electron chi connectivity index (χ2n) is 12.8. The van der Waals surface area contributed by atoms with Gasteiger partial charge >= 0.3 is 0 Å². The quantitative estimate of drug-likeness (QED) is 0.294. The fraction of sp³-hybridized carbons (Fsp3) is 0.529. The zero-order valence-electron chi connectivity index (χ0n) is 23.7. The predicted octanol–water partition coefficient (Wildman–Crippen LogP) is 8.33. The first-order valence-electron chi connectivity index (χ1n) is 14.7. The van der Waals surface area contributed by atoms with Crippen LogP contribution in [0.3, 0.4) is 0 Å². The van der Waals surface area contributed by atoms with Gasteiger partial charge in [-0.3, -0.25) is 0 Å². The van der Waals surface area contributed by atoms with Crippen LogP contribution in [0, 0.1) is 23.2 Å². The van der Waals surface area contributed by atoms with Gasteiger partial charge in [-0.25, -0.2) is 4.68 Å². The number of benzene rings is 2. The molecule has 4 heteroatoms. The van der Waals surface area contributed by atoms with Crippen molar-refractivity contribution >= 4 is 0 Å². The Balaban J connectivity index is 1.22. The molecule has 0 saturated heterocycles. The lowest BCUT2D eigenvalue weighted by atomic mass is 9.60. The second-order valence-corrected chi connectivity index (χ2v) is 12.8. The molecule has 2 aliphatic carbocycles. The van der Waals surface area contributed by atoms with Gasteiger partial charge in [0.15, 0.2) is 0 Å². The predicted molar refractivity (Wildman–Crippen MR) is 156 cm³/mol. The molecule has 0 amide bonds. The molecule has 38 heavy (non-hydrogen) atoms. The standard InChI is InChI=1S/C34H45N3O/c1-25(10-8-21-33(2,3)38)30-18-19-31-28(13-9-22-34(30,31)4)20-23-37-24-32(35-36-37)29-16-14-27(15-17-29)26-11-6-5-7-12-26/h5-7,11-12,14-17,20,24-25,30-31,38H,8-10,13,18-19,21-23H2,1-4H3/b28-20+/t25-,30-,31+,34-/m1/s1. The summed E-state index contributed by atoms with van der Waals surface area (Å²) in [5.41, 5.74) is 5.99. The molecule has 3 aromatic rings. The van der Waals surface area contributed by atoms with E-state index >= 15 is 0 Å². The summed E-state index contributed by atoms with van der Waals surface area (Å²) in [4.78, 5) is 0. The van der Waals surface area contributed by atoms with Crippen molar-refractivity contribution < 1.29 is 5.11 Å². The van der Waals surface area contributed by atoms with Crippen LogP contribution < -0.4 is 0 Å². The number of rotatable bonds is 9. The van der Waals surface area contributed by atoms with Crippen molar-refractivity contribution in [2.24, 2.45) is 23.2 Å². The Morgan fingerprint density at radius 3 is 2.50 bits per heavy atom. The maximum atomic E-state index is 10.1. The number of aromatic nitrogens is 3. The average Bonchev–Trinajstić information content (AvgIpc) is 3.52. The topological polar surface area (TPSA) is 50.9 Å². The fourth-order valence-corrected chi connectivity index (χ4v) is 7.51. The Morgan fingerprint density at radius 1 is 1.05 bits per heavy atom. The smallest absolute Gasteiger partial charge is 0.113 e. The Hall–Kier alpha value is -2.72. The molecular formula is C34H45N3O. The molecule has 0 unspecified atom stereocenters. The van der Waals surface area contributed by atoms with Gasteiger partial charge < -0.3 is 5.11 Å². The van der Waals surface area contributed by atoms with E-state index in [1.54, 1.807) is 5.57 Å². The summed E-state index contributed by atoms with van der Waals surface area (Å²) in [5, 5.41) is 19.1. The molecule has 5 rings (SSSR count). The van der Waals surface area contributed by atoms with Gasteiger partial charge in [-0.2, -0.15) is 0 Å². The minimum atomic E-state index is -0.546. The van der Waals surface area contributed by atoms with Gasteiger partial charge in [-0.05, 0) is 86.7 Å². The highest BCUT2D eigenvalue weighted by molar-refractivity contribution is 5.68. The second kappa shape index (κ2) is 11.2. The number of hydrogen-bond acceptors (Lipinski definition) is 3. The van der Waals surface area contributed by atoms with E-state index in [1.807, 2.05) is 24.6 Å². The lowest BCUT2D eigenvalue weighted by molar-refractivity contribution is 0.0596. The van der Waals surface area contributed by atoms with Crippen molar-refractivity contribution in [3.63, 3.8) is 0 Å². The van der Waals surface area contributed by atoms with Gasteiger partial charge in [0.1, 0.15) is 5.69 Å². The third-order valence-corrected chi connectivity index (χ3v) is 9.54. The first-order valence-corrected chi connectivity index (χ1v) is 14.7. The number of allylic oxidation sites excluding steroid dienone is 2. The monoisotopic (exact) mass is 511 g/mol. The summed E-state index contributed by atoms with van der Waals surface area (Å²) in [6.45, 7) is 9.69. The van der Waals surface area contributed by atoms with Crippen LogP contribution in [0.5, 0.6) is 0 Å². The highest BCUT2D eigenvalue weighted by Crippen LogP contribution is 2.59. The van der Waals surface area contributed by atoms with Gasteiger partial charge in [-0.1, -0.05) is 98.1 Å². The minimum absolute atomic E-state index is 0.409. The van der Waals surface area contributed by atoms with Crippen LogP contribution in [0.2, 0.25) is 0 Å². The molecule has 1 N–H and O–H groups in total. The van der Waals surface area contributed by atoms with E-state index in [1.165, 1.54) is 49.7 Å². The average molecular weight is 512 g/mol. The zero-order chi connectivity index (χ0) is 26.8. The van der Waals surface area contributed by atoms with E-state index in [-0.39, 0.29) is 0 Å². The zero-order valence-corrected chi connectivity index (χ0v) is 23.7. The van der Waals surface area contributed by atoms with Gasteiger partial charge in [0.2, 0.25) is 0 Å². The molecule has 0 radical (unpaired) electrons. The largest absolute Gasteiger partial charge is 0.390 e. The molecular weight excluding hydrogens is 466 g/mol. The molecule has 1 heterocycles. The van der Waals surface area contributed by atoms with E-state index in [9.17, 15) is 5.11 Å². The lowest BCUT2D eigenvalue weighted by Crippen LogP contribution is -2.36. The fourth-order valence-electron chi connectivity index (χ4n) is 7.51. The SMILES string of the molecule is C[C@H](CCCC(C)(C)O)[C@H]1CC[C@H]2/C(=C/Cn3cc(-c4ccc(-c5ccccc5)cc4)nn3)CCC[C@]12C. The molecule has 0 bridgehead atoms. The van der Waals surface area contributed by atoms with E-state index in [0.29, 0.717) is 11.3 Å². The molecule has 4 atom stereocenters. The highest BCUT2D eigenvalue weighted by Gasteiger charge is 2.50. The first-order chi connectivity index (χ1) is 18.2. The minimum Gasteiger partial charge on any atom is -0.390 e. The van der Waals surface area contributed by atoms with Crippen molar-refractivity contribution in [3.8, 4) is 22.4 Å². The van der Waals surface area contributed by atoms with Gasteiger partial charge in [-0.15, -0.1) is 5.10 Å². The van der Waals surface area contributed by atoms with E-state index in [4.69, 9.17) is 0 Å². The van der Waals surface area contributed by atoms with Crippen LogP contribution in [-0.2, 0) is 6.54 Å². The molecule has 4 nitrogen and oxygen atoms in total. The Morgan fingerprint density at radius 2 is 1.76 bits per heavy atom. The molecule has 0 aliphatic heterocycles. The summed E-state index contributed by atoms with van der Waals surface area (Å²) < 4.78 is 1.99. The summed E-state index contributed by atoms with van der Waals surface area (Å²) in [7, 11) is 0. The maximum absolute atomic E-state index is 10.1. The van der Waals surface area contributed by atoms with Crippen LogP contribution in [-0.4, -0.2) is 25.7 Å². The summed E-state index contributed by atoms with van der Waals surface area (Å²) in [5.74, 6) is 2.21. The number of hydrogen-bond donors (Lipinski definition) is 1. The summed E-state index contributed by atoms with van der Waals surface area (Å²) >= 11 is 0. The van der Waals surface area contributed by atoms with Crippen molar-refractivity contribution in [3.05, 3.63) is 72.4 Å². The Labute approximate surface area is 229 Å². The molecule has 2 saturated carbocycles. The Bertz CT molecular complexity index is 1220. The van der Waals surface area contributed by atoms with Crippen LogP contribution in [0.4, 0.5) is 0 Å². The summed E-state index contributed by atoms with van der Waals surface area (Å²) in [6, 6.07) is 19.1. The normalized spacial score (nSPS) is 25.4. The number of fused-ring (bicyclic) bond motifs is 1. The molecule has 202 valence electrons. The first kappa shape index (κ1) is 26.9. The van der Waals surface area contributed by atoms with Crippen LogP contribution >= 0.6 is 0 Å². The van der Waals surface area contributed by atoms with E-state index < -0.39 is 5.60 Å². The van der Waals surface area contributed by atoms with E-state index in [2.05, 4.69) is 85.0 Å². The van der Waals surface area contributed by atoms with Crippen LogP contribution in [0.25, 0.3) is 22.4 Å². The van der Waals surface area contributed by atoms with Gasteiger partial charge in [0.05, 0.1) is 18.3 Å². The lowest BCUT2D eigenvalue weighted by Gasteiger charge is -2.44. The van der Waals surface area contributed by atoms with Crippen molar-refractivity contribution in [1.82, 2.24) is 15.0 Å². The van der Waals surface area contributed by atoms with Gasteiger partial charge in [0, 0.05) is 5.56 Å². The van der Waals surface area contributed by atoms with Crippen LogP contribution in [0.15, 0.2) is 72.4 Å². The molecule has 1 aromatic heterocycles. The van der Waals surface area contributed by atoms with Gasteiger partial charge in [0.25, 0.3) is 0 Å². The molecule has 2 fully saturated rings.